The van der Waals surface area contributed by atoms with Crippen LogP contribution in [0, 0.1) is 18.3 Å². The van der Waals surface area contributed by atoms with E-state index in [2.05, 4.69) is 10.5 Å². The number of amides is 1. The molecule has 0 aliphatic heterocycles. The molecule has 0 aromatic heterocycles. The van der Waals surface area contributed by atoms with Gasteiger partial charge in [0.1, 0.15) is 11.5 Å². The Hall–Kier alpha value is -3.33. The number of aryl methyl sites for hydroxylation is 1. The minimum absolute atomic E-state index is 0.122. The molecule has 0 aliphatic rings. The number of nitriles is 1. The number of hydrogen-bond acceptors (Lipinski definition) is 5. The van der Waals surface area contributed by atoms with Crippen LogP contribution in [-0.2, 0) is 4.79 Å². The third-order valence-corrected chi connectivity index (χ3v) is 3.55. The number of phenols is 1. The molecule has 2 aromatic rings. The van der Waals surface area contributed by atoms with Gasteiger partial charge in [-0.1, -0.05) is 25.1 Å². The van der Waals surface area contributed by atoms with Crippen LogP contribution in [-0.4, -0.2) is 23.3 Å². The maximum absolute atomic E-state index is 12.2. The van der Waals surface area contributed by atoms with Crippen molar-refractivity contribution in [1.82, 2.24) is 5.43 Å². The second-order valence-electron chi connectivity index (χ2n) is 5.40. The first-order valence-electron chi connectivity index (χ1n) is 7.83. The number of ether oxygens (including phenoxy) is 1. The third kappa shape index (κ3) is 4.82. The van der Waals surface area contributed by atoms with Gasteiger partial charge < -0.3 is 9.84 Å². The first-order valence-corrected chi connectivity index (χ1v) is 7.83. The van der Waals surface area contributed by atoms with Crippen LogP contribution in [0.15, 0.2) is 47.6 Å². The van der Waals surface area contributed by atoms with Crippen molar-refractivity contribution < 1.29 is 14.6 Å². The number of nitrogens with zero attached hydrogens (tertiary/aromatic N) is 2. The first-order chi connectivity index (χ1) is 12.0. The number of para-hydroxylation sites is 1. The van der Waals surface area contributed by atoms with Crippen LogP contribution in [0.4, 0.5) is 0 Å². The molecular weight excluding hydrogens is 318 g/mol. The molecule has 0 aliphatic carbocycles. The maximum atomic E-state index is 12.2. The Kier molecular flexibility index (Phi) is 6.13. The molecule has 0 spiro atoms. The Bertz CT molecular complexity index is 825. The molecular formula is C19H19N3O3. The number of carbonyl (C=O) groups is 1. The van der Waals surface area contributed by atoms with Crippen LogP contribution in [0.2, 0.25) is 0 Å². The highest BCUT2D eigenvalue weighted by Crippen LogP contribution is 2.19. The van der Waals surface area contributed by atoms with E-state index in [1.165, 1.54) is 6.21 Å². The fourth-order valence-electron chi connectivity index (χ4n) is 2.15. The quantitative estimate of drug-likeness (QED) is 0.626. The van der Waals surface area contributed by atoms with Crippen molar-refractivity contribution in [2.75, 3.05) is 0 Å². The average Bonchev–Trinajstić information content (AvgIpc) is 2.63. The van der Waals surface area contributed by atoms with Gasteiger partial charge in [0.25, 0.3) is 5.91 Å². The van der Waals surface area contributed by atoms with Crippen LogP contribution >= 0.6 is 0 Å². The smallest absolute Gasteiger partial charge is 0.281 e. The van der Waals surface area contributed by atoms with Crippen molar-refractivity contribution in [3.8, 4) is 17.6 Å². The predicted octanol–water partition coefficient (Wildman–Crippen LogP) is 2.88. The lowest BCUT2D eigenvalue weighted by atomic mass is 10.1. The number of hydrogen-bond donors (Lipinski definition) is 2. The van der Waals surface area contributed by atoms with Gasteiger partial charge in [-0.25, -0.2) is 5.43 Å². The summed E-state index contributed by atoms with van der Waals surface area (Å²) < 4.78 is 5.63. The molecule has 0 bridgehead atoms. The Balaban J connectivity index is 2.01. The standard InChI is InChI=1S/C19H19N3O3/c1-3-17(25-16-9-5-7-14(10-16)11-20)19(24)22-21-12-15-8-4-6-13(2)18(15)23/h4-10,12,17,23H,3H2,1-2H3,(H,22,24). The molecule has 128 valence electrons. The van der Waals surface area contributed by atoms with Gasteiger partial charge >= 0.3 is 0 Å². The van der Waals surface area contributed by atoms with Gasteiger partial charge in [0.05, 0.1) is 17.8 Å². The van der Waals surface area contributed by atoms with E-state index in [1.807, 2.05) is 13.0 Å². The number of nitrogens with one attached hydrogen (secondary N) is 1. The van der Waals surface area contributed by atoms with Gasteiger partial charge in [-0.3, -0.25) is 4.79 Å². The molecule has 0 heterocycles. The van der Waals surface area contributed by atoms with Crippen molar-refractivity contribution in [2.24, 2.45) is 5.10 Å². The van der Waals surface area contributed by atoms with E-state index in [9.17, 15) is 9.90 Å². The summed E-state index contributed by atoms with van der Waals surface area (Å²) in [6.07, 6.45) is 1.08. The molecule has 25 heavy (non-hydrogen) atoms. The van der Waals surface area contributed by atoms with E-state index >= 15 is 0 Å². The molecule has 0 fully saturated rings. The number of benzene rings is 2. The summed E-state index contributed by atoms with van der Waals surface area (Å²) in [6.45, 7) is 3.59. The van der Waals surface area contributed by atoms with E-state index in [1.54, 1.807) is 49.4 Å². The zero-order valence-corrected chi connectivity index (χ0v) is 14.1. The van der Waals surface area contributed by atoms with Gasteiger partial charge in [-0.05, 0) is 43.2 Å². The second-order valence-corrected chi connectivity index (χ2v) is 5.40. The lowest BCUT2D eigenvalue weighted by Gasteiger charge is -2.15. The number of carbonyl (C=O) groups excluding carboxylic acids is 1. The van der Waals surface area contributed by atoms with Crippen molar-refractivity contribution in [2.45, 2.75) is 26.4 Å². The molecule has 1 unspecified atom stereocenters. The van der Waals surface area contributed by atoms with Crippen molar-refractivity contribution in [1.29, 1.82) is 5.26 Å². The lowest BCUT2D eigenvalue weighted by molar-refractivity contribution is -0.128. The summed E-state index contributed by atoms with van der Waals surface area (Å²) in [5.41, 5.74) is 4.10. The predicted molar refractivity (Wildman–Crippen MR) is 94.4 cm³/mol. The Labute approximate surface area is 146 Å². The number of rotatable bonds is 6. The summed E-state index contributed by atoms with van der Waals surface area (Å²) in [6, 6.07) is 13.9. The molecule has 2 N–H and O–H groups in total. The van der Waals surface area contributed by atoms with Crippen LogP contribution in [0.3, 0.4) is 0 Å². The summed E-state index contributed by atoms with van der Waals surface area (Å²) in [7, 11) is 0. The van der Waals surface area contributed by atoms with Gasteiger partial charge in [0.15, 0.2) is 6.10 Å². The molecule has 0 radical (unpaired) electrons. The largest absolute Gasteiger partial charge is 0.507 e. The summed E-state index contributed by atoms with van der Waals surface area (Å²) in [5, 5.41) is 22.7. The molecule has 6 heteroatoms. The SMILES string of the molecule is CCC(Oc1cccc(C#N)c1)C(=O)NN=Cc1cccc(C)c1O. The molecule has 6 nitrogen and oxygen atoms in total. The number of phenolic OH excluding ortho intramolecular Hbond substituents is 1. The number of hydrazone groups is 1. The van der Waals surface area contributed by atoms with E-state index in [0.29, 0.717) is 23.3 Å². The Morgan fingerprint density at radius 2 is 2.16 bits per heavy atom. The van der Waals surface area contributed by atoms with Gasteiger partial charge in [0, 0.05) is 5.56 Å². The molecule has 2 rings (SSSR count). The van der Waals surface area contributed by atoms with Crippen LogP contribution in [0.25, 0.3) is 0 Å². The van der Waals surface area contributed by atoms with Crippen LogP contribution in [0.5, 0.6) is 11.5 Å². The van der Waals surface area contributed by atoms with Gasteiger partial charge in [-0.15, -0.1) is 0 Å². The zero-order valence-electron chi connectivity index (χ0n) is 14.1. The highest BCUT2D eigenvalue weighted by molar-refractivity contribution is 5.86. The van der Waals surface area contributed by atoms with E-state index in [4.69, 9.17) is 10.00 Å². The molecule has 1 atom stereocenters. The molecule has 0 saturated carbocycles. The normalized spacial score (nSPS) is 11.7. The van der Waals surface area contributed by atoms with Crippen LogP contribution in [0.1, 0.15) is 30.0 Å². The minimum atomic E-state index is -0.739. The summed E-state index contributed by atoms with van der Waals surface area (Å²) in [4.78, 5) is 12.2. The fraction of sp³-hybridized carbons (Fsp3) is 0.211. The van der Waals surface area contributed by atoms with Crippen molar-refractivity contribution in [3.63, 3.8) is 0 Å². The lowest BCUT2D eigenvalue weighted by Crippen LogP contribution is -2.35. The minimum Gasteiger partial charge on any atom is -0.507 e. The van der Waals surface area contributed by atoms with Crippen molar-refractivity contribution >= 4 is 12.1 Å². The van der Waals surface area contributed by atoms with E-state index < -0.39 is 12.0 Å². The highest BCUT2D eigenvalue weighted by atomic mass is 16.5. The average molecular weight is 337 g/mol. The van der Waals surface area contributed by atoms with Gasteiger partial charge in [0.2, 0.25) is 0 Å². The summed E-state index contributed by atoms with van der Waals surface area (Å²) in [5.74, 6) is 0.159. The maximum Gasteiger partial charge on any atom is 0.281 e. The first kappa shape index (κ1) is 18.0. The number of aromatic hydroxyl groups is 1. The molecule has 1 amide bonds. The monoisotopic (exact) mass is 337 g/mol. The topological polar surface area (TPSA) is 94.7 Å². The zero-order chi connectivity index (χ0) is 18.2. The summed E-state index contributed by atoms with van der Waals surface area (Å²) >= 11 is 0. The molecule has 0 saturated heterocycles. The Morgan fingerprint density at radius 1 is 1.40 bits per heavy atom. The van der Waals surface area contributed by atoms with Crippen molar-refractivity contribution in [3.05, 3.63) is 59.2 Å². The Morgan fingerprint density at radius 3 is 2.88 bits per heavy atom. The second kappa shape index (κ2) is 8.50. The van der Waals surface area contributed by atoms with Gasteiger partial charge in [-0.2, -0.15) is 10.4 Å². The van der Waals surface area contributed by atoms with Crippen LogP contribution < -0.4 is 10.2 Å². The van der Waals surface area contributed by atoms with E-state index in [-0.39, 0.29) is 5.75 Å². The fourth-order valence-corrected chi connectivity index (χ4v) is 2.15. The third-order valence-electron chi connectivity index (χ3n) is 3.55. The molecule has 2 aromatic carbocycles. The van der Waals surface area contributed by atoms with E-state index in [0.717, 1.165) is 5.56 Å². The highest BCUT2D eigenvalue weighted by Gasteiger charge is 2.18.